The van der Waals surface area contributed by atoms with Crippen LogP contribution >= 0.6 is 15.9 Å². The monoisotopic (exact) mass is 439 g/mol. The number of carbonyl (C=O) groups is 1. The van der Waals surface area contributed by atoms with E-state index in [1.807, 2.05) is 63.2 Å². The minimum Gasteiger partial charge on any atom is -0.494 e. The fourth-order valence-corrected chi connectivity index (χ4v) is 3.43. The Morgan fingerprint density at radius 2 is 1.93 bits per heavy atom. The molecule has 0 aliphatic carbocycles. The van der Waals surface area contributed by atoms with Crippen LogP contribution in [-0.2, 0) is 0 Å². The van der Waals surface area contributed by atoms with Gasteiger partial charge in [-0.1, -0.05) is 22.0 Å². The number of nitrogens with one attached hydrogen (secondary N) is 1. The average Bonchev–Trinajstić information content (AvgIpc) is 2.96. The predicted octanol–water partition coefficient (Wildman–Crippen LogP) is 5.02. The Morgan fingerprint density at radius 3 is 2.61 bits per heavy atom. The van der Waals surface area contributed by atoms with E-state index in [-0.39, 0.29) is 5.91 Å². The lowest BCUT2D eigenvalue weighted by Gasteiger charge is -2.10. The van der Waals surface area contributed by atoms with Crippen LogP contribution in [0.5, 0.6) is 5.75 Å². The summed E-state index contributed by atoms with van der Waals surface area (Å²) in [5, 5.41) is 4.12. The van der Waals surface area contributed by atoms with Crippen molar-refractivity contribution < 1.29 is 9.53 Å². The molecule has 1 N–H and O–H groups in total. The molecule has 144 valence electrons. The smallest absolute Gasteiger partial charge is 0.271 e. The topological polar surface area (TPSA) is 55.6 Å². The van der Waals surface area contributed by atoms with Gasteiger partial charge in [0.1, 0.15) is 5.75 Å². The molecule has 0 radical (unpaired) electrons. The molecule has 28 heavy (non-hydrogen) atoms. The van der Waals surface area contributed by atoms with Gasteiger partial charge < -0.3 is 9.30 Å². The van der Waals surface area contributed by atoms with Crippen LogP contribution < -0.4 is 10.2 Å². The van der Waals surface area contributed by atoms with E-state index in [1.54, 1.807) is 18.3 Å². The lowest BCUT2D eigenvalue weighted by atomic mass is 10.2. The van der Waals surface area contributed by atoms with Crippen molar-refractivity contribution in [1.82, 2.24) is 9.99 Å². The number of aromatic nitrogens is 1. The van der Waals surface area contributed by atoms with E-state index in [1.165, 1.54) is 0 Å². The lowest BCUT2D eigenvalue weighted by Crippen LogP contribution is -2.17. The number of hydrazone groups is 1. The summed E-state index contributed by atoms with van der Waals surface area (Å²) in [6, 6.07) is 17.2. The molecule has 1 aromatic heterocycles. The summed E-state index contributed by atoms with van der Waals surface area (Å²) >= 11 is 3.36. The van der Waals surface area contributed by atoms with Gasteiger partial charge in [-0.2, -0.15) is 5.10 Å². The van der Waals surface area contributed by atoms with E-state index < -0.39 is 0 Å². The Kier molecular flexibility index (Phi) is 6.31. The fourth-order valence-electron chi connectivity index (χ4n) is 3.03. The molecule has 0 saturated heterocycles. The number of halogens is 1. The van der Waals surface area contributed by atoms with Gasteiger partial charge in [0.15, 0.2) is 0 Å². The molecule has 0 spiro atoms. The molecule has 3 aromatic rings. The summed E-state index contributed by atoms with van der Waals surface area (Å²) in [6.07, 6.45) is 1.67. The number of rotatable bonds is 6. The quantitative estimate of drug-likeness (QED) is 0.432. The molecule has 6 heteroatoms. The van der Waals surface area contributed by atoms with E-state index >= 15 is 0 Å². The molecular formula is C22H22BrN3O2. The standard InChI is InChI=1S/C22H22BrN3O2/c1-4-28-21-10-8-20(9-11-21)26-15(2)12-18(16(26)3)14-24-25-22(27)17-6-5-7-19(23)13-17/h5-14H,4H2,1-3H3,(H,25,27)/b24-14-. The van der Waals surface area contributed by atoms with Crippen molar-refractivity contribution in [2.24, 2.45) is 5.10 Å². The van der Waals surface area contributed by atoms with Gasteiger partial charge >= 0.3 is 0 Å². The molecular weight excluding hydrogens is 418 g/mol. The van der Waals surface area contributed by atoms with Crippen LogP contribution in [0.2, 0.25) is 0 Å². The number of carbonyl (C=O) groups excluding carboxylic acids is 1. The predicted molar refractivity (Wildman–Crippen MR) is 116 cm³/mol. The van der Waals surface area contributed by atoms with Gasteiger partial charge in [-0.3, -0.25) is 4.79 Å². The van der Waals surface area contributed by atoms with Crippen LogP contribution in [0.1, 0.15) is 34.2 Å². The van der Waals surface area contributed by atoms with E-state index in [4.69, 9.17) is 4.74 Å². The molecule has 0 unspecified atom stereocenters. The maximum Gasteiger partial charge on any atom is 0.271 e. The number of hydrogen-bond acceptors (Lipinski definition) is 3. The minimum atomic E-state index is -0.252. The largest absolute Gasteiger partial charge is 0.494 e. The molecule has 1 amide bonds. The van der Waals surface area contributed by atoms with Crippen molar-refractivity contribution in [2.45, 2.75) is 20.8 Å². The van der Waals surface area contributed by atoms with E-state index in [9.17, 15) is 4.79 Å². The summed E-state index contributed by atoms with van der Waals surface area (Å²) in [5.74, 6) is 0.601. The maximum absolute atomic E-state index is 12.2. The third kappa shape index (κ3) is 4.51. The van der Waals surface area contributed by atoms with Crippen LogP contribution in [0.25, 0.3) is 5.69 Å². The number of hydrogen-bond donors (Lipinski definition) is 1. The molecule has 3 rings (SSSR count). The summed E-state index contributed by atoms with van der Waals surface area (Å²) in [6.45, 7) is 6.68. The van der Waals surface area contributed by atoms with E-state index in [2.05, 4.69) is 31.0 Å². The third-order valence-electron chi connectivity index (χ3n) is 4.33. The summed E-state index contributed by atoms with van der Waals surface area (Å²) in [5.41, 5.74) is 7.25. The van der Waals surface area contributed by atoms with E-state index in [0.29, 0.717) is 12.2 Å². The second-order valence-corrected chi connectivity index (χ2v) is 7.21. The zero-order valence-electron chi connectivity index (χ0n) is 16.1. The van der Waals surface area contributed by atoms with Crippen molar-refractivity contribution in [3.8, 4) is 11.4 Å². The Labute approximate surface area is 173 Å². The highest BCUT2D eigenvalue weighted by Gasteiger charge is 2.10. The van der Waals surface area contributed by atoms with Crippen LogP contribution in [-0.4, -0.2) is 23.3 Å². The van der Waals surface area contributed by atoms with Gasteiger partial charge in [-0.05, 0) is 69.3 Å². The second kappa shape index (κ2) is 8.89. The first-order chi connectivity index (χ1) is 13.5. The normalized spacial score (nSPS) is 11.0. The highest BCUT2D eigenvalue weighted by molar-refractivity contribution is 9.10. The van der Waals surface area contributed by atoms with Crippen LogP contribution in [0.3, 0.4) is 0 Å². The van der Waals surface area contributed by atoms with Crippen molar-refractivity contribution in [3.05, 3.63) is 81.6 Å². The van der Waals surface area contributed by atoms with Crippen LogP contribution in [0.4, 0.5) is 0 Å². The summed E-state index contributed by atoms with van der Waals surface area (Å²) in [4.78, 5) is 12.2. The number of aryl methyl sites for hydroxylation is 1. The van der Waals surface area contributed by atoms with Crippen LogP contribution in [0, 0.1) is 13.8 Å². The number of benzene rings is 2. The first-order valence-electron chi connectivity index (χ1n) is 9.00. The Morgan fingerprint density at radius 1 is 1.18 bits per heavy atom. The Bertz CT molecular complexity index is 1010. The highest BCUT2D eigenvalue weighted by Crippen LogP contribution is 2.22. The minimum absolute atomic E-state index is 0.252. The van der Waals surface area contributed by atoms with Crippen LogP contribution in [0.15, 0.2) is 64.2 Å². The van der Waals surface area contributed by atoms with Crippen molar-refractivity contribution in [1.29, 1.82) is 0 Å². The van der Waals surface area contributed by atoms with Gasteiger partial charge in [0.2, 0.25) is 0 Å². The zero-order valence-corrected chi connectivity index (χ0v) is 17.7. The van der Waals surface area contributed by atoms with Gasteiger partial charge in [0.25, 0.3) is 5.91 Å². The van der Waals surface area contributed by atoms with Crippen molar-refractivity contribution in [3.63, 3.8) is 0 Å². The first kappa shape index (κ1) is 19.9. The molecule has 1 heterocycles. The zero-order chi connectivity index (χ0) is 20.1. The van der Waals surface area contributed by atoms with E-state index in [0.717, 1.165) is 32.9 Å². The molecule has 0 aliphatic rings. The SMILES string of the molecule is CCOc1ccc(-n2c(C)cc(/C=N\NC(=O)c3cccc(Br)c3)c2C)cc1. The Balaban J connectivity index is 1.76. The summed E-state index contributed by atoms with van der Waals surface area (Å²) in [7, 11) is 0. The lowest BCUT2D eigenvalue weighted by molar-refractivity contribution is 0.0955. The Hall–Kier alpha value is -2.86. The molecule has 0 bridgehead atoms. The molecule has 0 atom stereocenters. The summed E-state index contributed by atoms with van der Waals surface area (Å²) < 4.78 is 8.50. The molecule has 2 aromatic carbocycles. The molecule has 0 fully saturated rings. The van der Waals surface area contributed by atoms with Crippen molar-refractivity contribution in [2.75, 3.05) is 6.61 Å². The van der Waals surface area contributed by atoms with Gasteiger partial charge in [0.05, 0.1) is 12.8 Å². The van der Waals surface area contributed by atoms with Crippen molar-refractivity contribution >= 4 is 28.1 Å². The van der Waals surface area contributed by atoms with Gasteiger partial charge in [0, 0.05) is 32.7 Å². The number of amides is 1. The molecule has 0 aliphatic heterocycles. The average molecular weight is 440 g/mol. The first-order valence-corrected chi connectivity index (χ1v) is 9.80. The maximum atomic E-state index is 12.2. The highest BCUT2D eigenvalue weighted by atomic mass is 79.9. The second-order valence-electron chi connectivity index (χ2n) is 6.30. The third-order valence-corrected chi connectivity index (χ3v) is 4.83. The number of nitrogens with zero attached hydrogens (tertiary/aromatic N) is 2. The fraction of sp³-hybridized carbons (Fsp3) is 0.182. The molecule has 0 saturated carbocycles. The number of ether oxygens (including phenoxy) is 1. The van der Waals surface area contributed by atoms with Gasteiger partial charge in [-0.25, -0.2) is 5.43 Å². The molecule has 5 nitrogen and oxygen atoms in total. The van der Waals surface area contributed by atoms with Gasteiger partial charge in [-0.15, -0.1) is 0 Å².